The standard InChI is InChI=1S/C20H22FNO3/c1-24-16-9-10-17(19(13-16)25-2)18-4-3-11-22(18)20(23)12-14-5-7-15(21)8-6-14/h5-10,13,18H,3-4,11-12H2,1-2H3/t18-/m1/s1. The fraction of sp³-hybridized carbons (Fsp3) is 0.350. The monoisotopic (exact) mass is 343 g/mol. The zero-order valence-corrected chi connectivity index (χ0v) is 14.5. The fourth-order valence-corrected chi connectivity index (χ4v) is 3.36. The normalized spacial score (nSPS) is 16.8. The zero-order chi connectivity index (χ0) is 17.8. The van der Waals surface area contributed by atoms with Crippen LogP contribution < -0.4 is 9.47 Å². The third-order valence-corrected chi connectivity index (χ3v) is 4.64. The molecule has 1 heterocycles. The Bertz CT molecular complexity index is 745. The smallest absolute Gasteiger partial charge is 0.227 e. The van der Waals surface area contributed by atoms with Crippen LogP contribution in [-0.2, 0) is 11.2 Å². The molecule has 0 unspecified atom stereocenters. The van der Waals surface area contributed by atoms with Crippen LogP contribution in [0.15, 0.2) is 42.5 Å². The van der Waals surface area contributed by atoms with Crippen LogP contribution in [0.3, 0.4) is 0 Å². The summed E-state index contributed by atoms with van der Waals surface area (Å²) in [5.74, 6) is 1.21. The number of nitrogens with zero attached hydrogens (tertiary/aromatic N) is 1. The molecule has 5 heteroatoms. The van der Waals surface area contributed by atoms with E-state index in [1.807, 2.05) is 23.1 Å². The number of likely N-dealkylation sites (tertiary alicyclic amines) is 1. The molecule has 1 fully saturated rings. The largest absolute Gasteiger partial charge is 0.497 e. The molecule has 0 N–H and O–H groups in total. The van der Waals surface area contributed by atoms with Gasteiger partial charge >= 0.3 is 0 Å². The van der Waals surface area contributed by atoms with Crippen molar-refractivity contribution in [1.82, 2.24) is 4.90 Å². The molecule has 25 heavy (non-hydrogen) atoms. The lowest BCUT2D eigenvalue weighted by molar-refractivity contribution is -0.131. The van der Waals surface area contributed by atoms with Gasteiger partial charge in [0, 0.05) is 18.2 Å². The van der Waals surface area contributed by atoms with Crippen LogP contribution in [0.25, 0.3) is 0 Å². The first-order chi connectivity index (χ1) is 12.1. The maximum atomic E-state index is 13.0. The van der Waals surface area contributed by atoms with E-state index >= 15 is 0 Å². The SMILES string of the molecule is COc1ccc([C@H]2CCCN2C(=O)Cc2ccc(F)cc2)c(OC)c1. The summed E-state index contributed by atoms with van der Waals surface area (Å²) < 4.78 is 23.8. The number of hydrogen-bond acceptors (Lipinski definition) is 3. The molecule has 0 aromatic heterocycles. The van der Waals surface area contributed by atoms with Crippen molar-refractivity contribution in [3.8, 4) is 11.5 Å². The molecular weight excluding hydrogens is 321 g/mol. The van der Waals surface area contributed by atoms with E-state index in [1.54, 1.807) is 26.4 Å². The van der Waals surface area contributed by atoms with E-state index in [1.165, 1.54) is 12.1 Å². The molecule has 1 aliphatic heterocycles. The Labute approximate surface area is 147 Å². The van der Waals surface area contributed by atoms with Gasteiger partial charge < -0.3 is 14.4 Å². The average molecular weight is 343 g/mol. The molecule has 4 nitrogen and oxygen atoms in total. The second kappa shape index (κ2) is 7.55. The molecule has 1 aliphatic rings. The third-order valence-electron chi connectivity index (χ3n) is 4.64. The number of rotatable bonds is 5. The molecule has 2 aromatic rings. The Morgan fingerprint density at radius 3 is 2.60 bits per heavy atom. The first-order valence-electron chi connectivity index (χ1n) is 8.38. The summed E-state index contributed by atoms with van der Waals surface area (Å²) in [5.41, 5.74) is 1.81. The van der Waals surface area contributed by atoms with Crippen molar-refractivity contribution in [2.75, 3.05) is 20.8 Å². The van der Waals surface area contributed by atoms with Crippen molar-refractivity contribution < 1.29 is 18.7 Å². The minimum atomic E-state index is -0.293. The van der Waals surface area contributed by atoms with Gasteiger partial charge in [0.05, 0.1) is 26.7 Å². The Morgan fingerprint density at radius 1 is 1.16 bits per heavy atom. The highest BCUT2D eigenvalue weighted by molar-refractivity contribution is 5.79. The summed E-state index contributed by atoms with van der Waals surface area (Å²) in [6.07, 6.45) is 2.13. The number of ether oxygens (including phenoxy) is 2. The van der Waals surface area contributed by atoms with Gasteiger partial charge in [-0.1, -0.05) is 12.1 Å². The third kappa shape index (κ3) is 3.76. The van der Waals surface area contributed by atoms with Crippen LogP contribution in [-0.4, -0.2) is 31.6 Å². The van der Waals surface area contributed by atoms with E-state index in [0.29, 0.717) is 0 Å². The van der Waals surface area contributed by atoms with Crippen LogP contribution in [0.5, 0.6) is 11.5 Å². The van der Waals surface area contributed by atoms with Gasteiger partial charge in [0.2, 0.25) is 5.91 Å². The number of carbonyl (C=O) groups is 1. The predicted molar refractivity (Wildman–Crippen MR) is 93.3 cm³/mol. The summed E-state index contributed by atoms with van der Waals surface area (Å²) in [6, 6.07) is 11.8. The van der Waals surface area contributed by atoms with Gasteiger partial charge in [0.25, 0.3) is 0 Å². The Morgan fingerprint density at radius 2 is 1.92 bits per heavy atom. The lowest BCUT2D eigenvalue weighted by Gasteiger charge is -2.26. The Balaban J connectivity index is 1.80. The second-order valence-corrected chi connectivity index (χ2v) is 6.16. The number of amides is 1. The van der Waals surface area contributed by atoms with Crippen molar-refractivity contribution in [3.63, 3.8) is 0 Å². The van der Waals surface area contributed by atoms with E-state index in [2.05, 4.69) is 0 Å². The first kappa shape index (κ1) is 17.3. The molecule has 0 bridgehead atoms. The molecule has 0 saturated carbocycles. The van der Waals surface area contributed by atoms with Gasteiger partial charge in [0.15, 0.2) is 0 Å². The molecular formula is C20H22FNO3. The van der Waals surface area contributed by atoms with Gasteiger partial charge in [-0.3, -0.25) is 4.79 Å². The van der Waals surface area contributed by atoms with Crippen molar-refractivity contribution in [1.29, 1.82) is 0 Å². The predicted octanol–water partition coefficient (Wildman–Crippen LogP) is 3.75. The average Bonchev–Trinajstić information content (AvgIpc) is 3.12. The van der Waals surface area contributed by atoms with E-state index in [0.717, 1.165) is 42.0 Å². The maximum Gasteiger partial charge on any atom is 0.227 e. The fourth-order valence-electron chi connectivity index (χ4n) is 3.36. The van der Waals surface area contributed by atoms with Gasteiger partial charge in [-0.05, 0) is 42.7 Å². The van der Waals surface area contributed by atoms with E-state index < -0.39 is 0 Å². The Hall–Kier alpha value is -2.56. The molecule has 1 atom stereocenters. The summed E-state index contributed by atoms with van der Waals surface area (Å²) in [4.78, 5) is 14.7. The molecule has 2 aromatic carbocycles. The van der Waals surface area contributed by atoms with Crippen LogP contribution in [0.2, 0.25) is 0 Å². The van der Waals surface area contributed by atoms with Crippen LogP contribution >= 0.6 is 0 Å². The zero-order valence-electron chi connectivity index (χ0n) is 14.5. The van der Waals surface area contributed by atoms with Gasteiger partial charge in [-0.2, -0.15) is 0 Å². The highest BCUT2D eigenvalue weighted by Gasteiger charge is 2.31. The topological polar surface area (TPSA) is 38.8 Å². The molecule has 132 valence electrons. The van der Waals surface area contributed by atoms with E-state index in [-0.39, 0.29) is 24.2 Å². The quantitative estimate of drug-likeness (QED) is 0.830. The second-order valence-electron chi connectivity index (χ2n) is 6.16. The number of benzene rings is 2. The summed E-state index contributed by atoms with van der Waals surface area (Å²) in [5, 5.41) is 0. The van der Waals surface area contributed by atoms with Crippen LogP contribution in [0.4, 0.5) is 4.39 Å². The van der Waals surface area contributed by atoms with E-state index in [9.17, 15) is 9.18 Å². The maximum absolute atomic E-state index is 13.0. The lowest BCUT2D eigenvalue weighted by Crippen LogP contribution is -2.32. The summed E-state index contributed by atoms with van der Waals surface area (Å²) in [6.45, 7) is 0.722. The number of methoxy groups -OCH3 is 2. The molecule has 1 amide bonds. The minimum absolute atomic E-state index is 0.00574. The van der Waals surface area contributed by atoms with Gasteiger partial charge in [-0.15, -0.1) is 0 Å². The lowest BCUT2D eigenvalue weighted by atomic mass is 10.0. The highest BCUT2D eigenvalue weighted by atomic mass is 19.1. The molecule has 1 saturated heterocycles. The van der Waals surface area contributed by atoms with Crippen molar-refractivity contribution >= 4 is 5.91 Å². The van der Waals surface area contributed by atoms with Crippen LogP contribution in [0.1, 0.15) is 30.0 Å². The summed E-state index contributed by atoms with van der Waals surface area (Å²) in [7, 11) is 3.24. The molecule has 0 spiro atoms. The van der Waals surface area contributed by atoms with E-state index in [4.69, 9.17) is 9.47 Å². The number of halogens is 1. The Kier molecular flexibility index (Phi) is 5.22. The molecule has 0 radical (unpaired) electrons. The van der Waals surface area contributed by atoms with Crippen molar-refractivity contribution in [2.24, 2.45) is 0 Å². The van der Waals surface area contributed by atoms with Gasteiger partial charge in [-0.25, -0.2) is 4.39 Å². The minimum Gasteiger partial charge on any atom is -0.497 e. The van der Waals surface area contributed by atoms with Crippen molar-refractivity contribution in [2.45, 2.75) is 25.3 Å². The summed E-state index contributed by atoms with van der Waals surface area (Å²) >= 11 is 0. The first-order valence-corrected chi connectivity index (χ1v) is 8.38. The van der Waals surface area contributed by atoms with Gasteiger partial charge in [0.1, 0.15) is 17.3 Å². The van der Waals surface area contributed by atoms with Crippen molar-refractivity contribution in [3.05, 3.63) is 59.4 Å². The molecule has 3 rings (SSSR count). The highest BCUT2D eigenvalue weighted by Crippen LogP contribution is 2.38. The molecule has 0 aliphatic carbocycles. The number of carbonyl (C=O) groups excluding carboxylic acids is 1. The number of hydrogen-bond donors (Lipinski definition) is 0. The van der Waals surface area contributed by atoms with Crippen LogP contribution in [0, 0.1) is 5.82 Å².